The molecule has 0 amide bonds. The van der Waals surface area contributed by atoms with Crippen molar-refractivity contribution in [2.24, 2.45) is 0 Å². The van der Waals surface area contributed by atoms with Crippen LogP contribution in [-0.2, 0) is 0 Å². The quantitative estimate of drug-likeness (QED) is 0.748. The molecule has 0 bridgehead atoms. The summed E-state index contributed by atoms with van der Waals surface area (Å²) in [5.74, 6) is 0.373. The molecule has 5 heteroatoms. The summed E-state index contributed by atoms with van der Waals surface area (Å²) in [7, 11) is 0. The van der Waals surface area contributed by atoms with Gasteiger partial charge >= 0.3 is 0 Å². The summed E-state index contributed by atoms with van der Waals surface area (Å²) in [5.41, 5.74) is 1.70. The molecule has 0 aliphatic heterocycles. The molecule has 2 heterocycles. The minimum absolute atomic E-state index is 0.0401. The summed E-state index contributed by atoms with van der Waals surface area (Å²) < 4.78 is 15.0. The first-order valence-electron chi connectivity index (χ1n) is 8.74. The summed E-state index contributed by atoms with van der Waals surface area (Å²) >= 11 is 0. The van der Waals surface area contributed by atoms with Gasteiger partial charge in [0.1, 0.15) is 11.6 Å². The van der Waals surface area contributed by atoms with Crippen LogP contribution in [0.2, 0.25) is 0 Å². The normalized spacial score (nSPS) is 15.4. The van der Waals surface area contributed by atoms with E-state index in [1.54, 1.807) is 24.4 Å². The van der Waals surface area contributed by atoms with Gasteiger partial charge in [-0.05, 0) is 43.2 Å². The van der Waals surface area contributed by atoms with Gasteiger partial charge in [-0.3, -0.25) is 4.79 Å². The minimum Gasteiger partial charge on any atom is -0.340 e. The van der Waals surface area contributed by atoms with Crippen molar-refractivity contribution >= 4 is 22.4 Å². The van der Waals surface area contributed by atoms with Gasteiger partial charge in [0.15, 0.2) is 0 Å². The van der Waals surface area contributed by atoms with E-state index >= 15 is 0 Å². The number of anilines is 2. The summed E-state index contributed by atoms with van der Waals surface area (Å²) in [6, 6.07) is 11.8. The molecule has 1 aliphatic rings. The maximum atomic E-state index is 13.1. The van der Waals surface area contributed by atoms with E-state index in [0.29, 0.717) is 5.82 Å². The summed E-state index contributed by atoms with van der Waals surface area (Å²) in [6.45, 7) is 0. The van der Waals surface area contributed by atoms with Crippen LogP contribution < -0.4 is 10.9 Å². The number of nitrogens with zero attached hydrogens (tertiary/aromatic N) is 2. The fourth-order valence-electron chi connectivity index (χ4n) is 3.62. The second-order valence-corrected chi connectivity index (χ2v) is 6.59. The van der Waals surface area contributed by atoms with E-state index in [4.69, 9.17) is 0 Å². The fourth-order valence-corrected chi connectivity index (χ4v) is 3.62. The lowest BCUT2D eigenvalue weighted by Crippen LogP contribution is -2.26. The third-order valence-electron chi connectivity index (χ3n) is 4.87. The van der Waals surface area contributed by atoms with E-state index in [-0.39, 0.29) is 17.4 Å². The molecule has 1 saturated carbocycles. The predicted octanol–water partition coefficient (Wildman–Crippen LogP) is 4.78. The molecule has 0 atom stereocenters. The van der Waals surface area contributed by atoms with Crippen LogP contribution in [0.4, 0.5) is 15.9 Å². The van der Waals surface area contributed by atoms with E-state index < -0.39 is 0 Å². The maximum absolute atomic E-state index is 13.1. The third kappa shape index (κ3) is 3.27. The molecule has 1 fully saturated rings. The second-order valence-electron chi connectivity index (χ2n) is 6.59. The molecule has 1 N–H and O–H groups in total. The number of hydrogen-bond acceptors (Lipinski definition) is 3. The van der Waals surface area contributed by atoms with Crippen LogP contribution in [-0.4, -0.2) is 9.55 Å². The average Bonchev–Trinajstić information content (AvgIpc) is 2.64. The van der Waals surface area contributed by atoms with E-state index in [1.807, 2.05) is 16.7 Å². The van der Waals surface area contributed by atoms with E-state index in [0.717, 1.165) is 29.4 Å². The number of fused-ring (bicyclic) bond motifs is 1. The summed E-state index contributed by atoms with van der Waals surface area (Å²) in [5, 5.41) is 4.13. The van der Waals surface area contributed by atoms with Crippen molar-refractivity contribution < 1.29 is 4.39 Å². The Labute approximate surface area is 145 Å². The van der Waals surface area contributed by atoms with Gasteiger partial charge in [0, 0.05) is 35.4 Å². The Kier molecular flexibility index (Phi) is 4.22. The predicted molar refractivity (Wildman–Crippen MR) is 97.8 cm³/mol. The van der Waals surface area contributed by atoms with Crippen molar-refractivity contribution in [3.05, 3.63) is 64.8 Å². The van der Waals surface area contributed by atoms with Crippen LogP contribution in [0, 0.1) is 5.82 Å². The van der Waals surface area contributed by atoms with Crippen molar-refractivity contribution in [1.29, 1.82) is 0 Å². The first-order chi connectivity index (χ1) is 12.2. The van der Waals surface area contributed by atoms with Gasteiger partial charge in [0.05, 0.1) is 5.52 Å². The first-order valence-corrected chi connectivity index (χ1v) is 8.74. The van der Waals surface area contributed by atoms with Crippen LogP contribution in [0.3, 0.4) is 0 Å². The van der Waals surface area contributed by atoms with Gasteiger partial charge < -0.3 is 9.88 Å². The number of hydrogen-bond donors (Lipinski definition) is 1. The molecular formula is C20H20FN3O. The monoisotopic (exact) mass is 337 g/mol. The molecule has 1 aromatic carbocycles. The Balaban J connectivity index is 1.75. The fraction of sp³-hybridized carbons (Fsp3) is 0.300. The van der Waals surface area contributed by atoms with Gasteiger partial charge in [-0.2, -0.15) is 0 Å². The first kappa shape index (κ1) is 15.8. The molecule has 1 aliphatic carbocycles. The molecular weight excluding hydrogens is 317 g/mol. The smallest absolute Gasteiger partial charge is 0.251 e. The number of halogens is 1. The van der Waals surface area contributed by atoms with Gasteiger partial charge in [0.25, 0.3) is 5.56 Å². The lowest BCUT2D eigenvalue weighted by atomic mass is 9.95. The van der Waals surface area contributed by atoms with E-state index in [2.05, 4.69) is 10.3 Å². The molecule has 128 valence electrons. The van der Waals surface area contributed by atoms with Crippen molar-refractivity contribution in [2.45, 2.75) is 38.1 Å². The zero-order chi connectivity index (χ0) is 17.2. The highest BCUT2D eigenvalue weighted by Gasteiger charge is 2.18. The third-order valence-corrected chi connectivity index (χ3v) is 4.87. The zero-order valence-corrected chi connectivity index (χ0v) is 13.9. The molecule has 0 spiro atoms. The largest absolute Gasteiger partial charge is 0.340 e. The van der Waals surface area contributed by atoms with Gasteiger partial charge in [-0.15, -0.1) is 0 Å². The van der Waals surface area contributed by atoms with Crippen molar-refractivity contribution in [2.75, 3.05) is 5.32 Å². The van der Waals surface area contributed by atoms with Gasteiger partial charge in [-0.25, -0.2) is 9.37 Å². The molecule has 25 heavy (non-hydrogen) atoms. The van der Waals surface area contributed by atoms with Crippen molar-refractivity contribution in [1.82, 2.24) is 9.55 Å². The highest BCUT2D eigenvalue weighted by molar-refractivity contribution is 5.81. The Morgan fingerprint density at radius 1 is 1.04 bits per heavy atom. The Hall–Kier alpha value is -2.69. The lowest BCUT2D eigenvalue weighted by Gasteiger charge is -2.25. The highest BCUT2D eigenvalue weighted by atomic mass is 19.1. The average molecular weight is 337 g/mol. The van der Waals surface area contributed by atoms with Crippen LogP contribution in [0.5, 0.6) is 0 Å². The van der Waals surface area contributed by atoms with E-state index in [9.17, 15) is 9.18 Å². The van der Waals surface area contributed by atoms with E-state index in [1.165, 1.54) is 31.4 Å². The number of rotatable bonds is 3. The number of benzene rings is 1. The molecule has 4 rings (SSSR count). The molecule has 0 saturated heterocycles. The number of aromatic nitrogens is 2. The van der Waals surface area contributed by atoms with Gasteiger partial charge in [0.2, 0.25) is 0 Å². The van der Waals surface area contributed by atoms with Crippen molar-refractivity contribution in [3.63, 3.8) is 0 Å². The minimum atomic E-state index is -0.275. The maximum Gasteiger partial charge on any atom is 0.251 e. The SMILES string of the molecule is O=c1ccc2cnc(Nc3ccc(F)cc3)cc2n1C1CCCCC1. The standard InChI is InChI=1S/C20H20FN3O/c21-15-7-9-16(10-8-15)23-19-12-18-14(13-22-19)6-11-20(25)24(18)17-4-2-1-3-5-17/h6-13,17H,1-5H2,(H,22,23). The summed E-state index contributed by atoms with van der Waals surface area (Å²) in [6.07, 6.45) is 7.44. The van der Waals surface area contributed by atoms with Crippen LogP contribution in [0.15, 0.2) is 53.5 Å². The Morgan fingerprint density at radius 3 is 2.56 bits per heavy atom. The number of nitrogens with one attached hydrogen (secondary N) is 1. The molecule has 0 unspecified atom stereocenters. The molecule has 3 aromatic rings. The molecule has 2 aromatic heterocycles. The number of pyridine rings is 2. The van der Waals surface area contributed by atoms with Gasteiger partial charge in [-0.1, -0.05) is 19.3 Å². The molecule has 4 nitrogen and oxygen atoms in total. The highest BCUT2D eigenvalue weighted by Crippen LogP contribution is 2.30. The zero-order valence-electron chi connectivity index (χ0n) is 13.9. The summed E-state index contributed by atoms with van der Waals surface area (Å²) in [4.78, 5) is 16.9. The molecule has 0 radical (unpaired) electrons. The van der Waals surface area contributed by atoms with Crippen molar-refractivity contribution in [3.8, 4) is 0 Å². The van der Waals surface area contributed by atoms with Crippen LogP contribution in [0.25, 0.3) is 10.9 Å². The van der Waals surface area contributed by atoms with Crippen LogP contribution in [0.1, 0.15) is 38.1 Å². The Morgan fingerprint density at radius 2 is 1.80 bits per heavy atom. The second kappa shape index (κ2) is 6.67. The lowest BCUT2D eigenvalue weighted by molar-refractivity contribution is 0.354. The Bertz CT molecular complexity index is 943. The topological polar surface area (TPSA) is 46.9 Å². The van der Waals surface area contributed by atoms with Crippen LogP contribution >= 0.6 is 0 Å².